The average molecular weight is 197 g/mol. The van der Waals surface area contributed by atoms with Crippen molar-refractivity contribution in [1.29, 1.82) is 0 Å². The van der Waals surface area contributed by atoms with Crippen molar-refractivity contribution < 1.29 is 4.74 Å². The van der Waals surface area contributed by atoms with E-state index in [1.54, 1.807) is 7.11 Å². The summed E-state index contributed by atoms with van der Waals surface area (Å²) in [5, 5.41) is 0.757. The number of allylic oxidation sites excluding steroid dienone is 1. The Hall–Kier alpha value is -0.950. The van der Waals surface area contributed by atoms with Crippen LogP contribution in [0.15, 0.2) is 30.0 Å². The summed E-state index contributed by atoms with van der Waals surface area (Å²) in [5.74, 6) is 0.974. The highest BCUT2D eigenvalue weighted by Crippen LogP contribution is 2.13. The van der Waals surface area contributed by atoms with Gasteiger partial charge in [-0.25, -0.2) is 0 Å². The smallest absolute Gasteiger partial charge is 0.0958 e. The van der Waals surface area contributed by atoms with Crippen molar-refractivity contribution in [3.63, 3.8) is 0 Å². The second kappa shape index (κ2) is 4.93. The van der Waals surface area contributed by atoms with Crippen LogP contribution < -0.4 is 0 Å². The number of hydrogen-bond acceptors (Lipinski definition) is 1. The van der Waals surface area contributed by atoms with Gasteiger partial charge in [0.25, 0.3) is 0 Å². The van der Waals surface area contributed by atoms with Crippen LogP contribution >= 0.6 is 11.6 Å². The summed E-state index contributed by atoms with van der Waals surface area (Å²) in [5.41, 5.74) is 1.11. The lowest BCUT2D eigenvalue weighted by atomic mass is 10.2. The van der Waals surface area contributed by atoms with E-state index in [4.69, 9.17) is 16.3 Å². The van der Waals surface area contributed by atoms with Gasteiger partial charge in [-0.05, 0) is 23.8 Å². The summed E-state index contributed by atoms with van der Waals surface area (Å²) in [6.45, 7) is 2.06. The lowest BCUT2D eigenvalue weighted by molar-refractivity contribution is 0.285. The molecule has 0 unspecified atom stereocenters. The summed E-state index contributed by atoms with van der Waals surface area (Å²) in [6, 6.07) is 7.68. The second-order valence-corrected chi connectivity index (χ2v) is 3.16. The Kier molecular flexibility index (Phi) is 3.84. The van der Waals surface area contributed by atoms with E-state index in [2.05, 4.69) is 6.92 Å². The Morgan fingerprint density at radius 3 is 2.46 bits per heavy atom. The Balaban J connectivity index is 2.84. The molecule has 0 saturated carbocycles. The molecule has 0 aliphatic rings. The molecule has 0 aromatic heterocycles. The van der Waals surface area contributed by atoms with E-state index >= 15 is 0 Å². The summed E-state index contributed by atoms with van der Waals surface area (Å²) < 4.78 is 5.16. The third-order valence-corrected chi connectivity index (χ3v) is 2.06. The van der Waals surface area contributed by atoms with E-state index in [1.807, 2.05) is 30.3 Å². The van der Waals surface area contributed by atoms with E-state index in [9.17, 15) is 0 Å². The fourth-order valence-corrected chi connectivity index (χ4v) is 1.18. The molecule has 0 fully saturated rings. The van der Waals surface area contributed by atoms with E-state index in [0.717, 1.165) is 22.8 Å². The molecule has 0 aliphatic carbocycles. The van der Waals surface area contributed by atoms with Crippen LogP contribution in [0.2, 0.25) is 5.02 Å². The molecule has 0 spiro atoms. The van der Waals surface area contributed by atoms with Gasteiger partial charge in [-0.15, -0.1) is 0 Å². The van der Waals surface area contributed by atoms with Crippen LogP contribution in [0, 0.1) is 0 Å². The zero-order valence-electron chi connectivity index (χ0n) is 7.88. The molecule has 0 radical (unpaired) electrons. The van der Waals surface area contributed by atoms with Crippen LogP contribution in [0.4, 0.5) is 0 Å². The van der Waals surface area contributed by atoms with E-state index in [-0.39, 0.29) is 0 Å². The van der Waals surface area contributed by atoms with Gasteiger partial charge in [0.2, 0.25) is 0 Å². The lowest BCUT2D eigenvalue weighted by Gasteiger charge is -2.02. The zero-order valence-corrected chi connectivity index (χ0v) is 8.64. The highest BCUT2D eigenvalue weighted by Gasteiger charge is 1.93. The number of halogens is 1. The minimum atomic E-state index is 0.757. The van der Waals surface area contributed by atoms with E-state index in [1.165, 1.54) is 0 Å². The summed E-state index contributed by atoms with van der Waals surface area (Å²) in [7, 11) is 1.69. The first-order chi connectivity index (χ1) is 6.26. The first-order valence-corrected chi connectivity index (χ1v) is 4.64. The van der Waals surface area contributed by atoms with Gasteiger partial charge in [-0.3, -0.25) is 0 Å². The third kappa shape index (κ3) is 3.11. The highest BCUT2D eigenvalue weighted by atomic mass is 35.5. The number of ether oxygens (including phenoxy) is 1. The molecular formula is C11H13ClO. The molecule has 1 aromatic rings. The Labute approximate surface area is 84.0 Å². The van der Waals surface area contributed by atoms with E-state index in [0.29, 0.717) is 0 Å². The third-order valence-electron chi connectivity index (χ3n) is 1.81. The maximum atomic E-state index is 5.76. The Morgan fingerprint density at radius 2 is 2.00 bits per heavy atom. The molecule has 70 valence electrons. The number of methoxy groups -OCH3 is 1. The number of rotatable bonds is 3. The van der Waals surface area contributed by atoms with Crippen molar-refractivity contribution in [3.8, 4) is 0 Å². The van der Waals surface area contributed by atoms with Crippen LogP contribution in [-0.2, 0) is 4.74 Å². The minimum absolute atomic E-state index is 0.757. The monoisotopic (exact) mass is 196 g/mol. The molecule has 0 saturated heterocycles. The molecule has 0 N–H and O–H groups in total. The quantitative estimate of drug-likeness (QED) is 0.670. The molecule has 0 bridgehead atoms. The standard InChI is InChI=1S/C11H13ClO/c1-3-11(13-2)8-9-4-6-10(12)7-5-9/h4-8H,3H2,1-2H3. The number of hydrogen-bond donors (Lipinski definition) is 0. The molecular weight excluding hydrogens is 184 g/mol. The van der Waals surface area contributed by atoms with Crippen molar-refractivity contribution in [1.82, 2.24) is 0 Å². The fraction of sp³-hybridized carbons (Fsp3) is 0.273. The van der Waals surface area contributed by atoms with Gasteiger partial charge in [0.1, 0.15) is 0 Å². The molecule has 13 heavy (non-hydrogen) atoms. The maximum Gasteiger partial charge on any atom is 0.0958 e. The van der Waals surface area contributed by atoms with Crippen molar-refractivity contribution in [3.05, 3.63) is 40.6 Å². The van der Waals surface area contributed by atoms with Crippen molar-refractivity contribution >= 4 is 17.7 Å². The SMILES string of the molecule is CCC(=Cc1ccc(Cl)cc1)OC. The van der Waals surface area contributed by atoms with E-state index < -0.39 is 0 Å². The molecule has 0 atom stereocenters. The van der Waals surface area contributed by atoms with Crippen molar-refractivity contribution in [2.45, 2.75) is 13.3 Å². The first kappa shape index (κ1) is 10.1. The first-order valence-electron chi connectivity index (χ1n) is 4.26. The number of benzene rings is 1. The van der Waals surface area contributed by atoms with Crippen molar-refractivity contribution in [2.24, 2.45) is 0 Å². The largest absolute Gasteiger partial charge is 0.501 e. The van der Waals surface area contributed by atoms with Gasteiger partial charge in [0, 0.05) is 11.4 Å². The maximum absolute atomic E-state index is 5.76. The summed E-state index contributed by atoms with van der Waals surface area (Å²) in [6.07, 6.45) is 2.91. The second-order valence-electron chi connectivity index (χ2n) is 2.72. The fourth-order valence-electron chi connectivity index (χ4n) is 1.05. The Morgan fingerprint density at radius 1 is 1.38 bits per heavy atom. The average Bonchev–Trinajstić information content (AvgIpc) is 2.17. The molecule has 0 aliphatic heterocycles. The van der Waals surface area contributed by atoms with Gasteiger partial charge in [-0.2, -0.15) is 0 Å². The molecule has 2 heteroatoms. The van der Waals surface area contributed by atoms with Gasteiger partial charge in [0.05, 0.1) is 12.9 Å². The highest BCUT2D eigenvalue weighted by molar-refractivity contribution is 6.30. The van der Waals surface area contributed by atoms with Crippen LogP contribution in [0.25, 0.3) is 6.08 Å². The molecule has 0 heterocycles. The van der Waals surface area contributed by atoms with Crippen LogP contribution in [0.3, 0.4) is 0 Å². The summed E-state index contributed by atoms with van der Waals surface area (Å²) >= 11 is 5.76. The van der Waals surface area contributed by atoms with Crippen LogP contribution in [-0.4, -0.2) is 7.11 Å². The predicted octanol–water partition coefficient (Wildman–Crippen LogP) is 3.74. The van der Waals surface area contributed by atoms with Gasteiger partial charge in [0.15, 0.2) is 0 Å². The molecule has 1 nitrogen and oxygen atoms in total. The zero-order chi connectivity index (χ0) is 9.68. The molecule has 1 aromatic carbocycles. The van der Waals surface area contributed by atoms with Gasteiger partial charge >= 0.3 is 0 Å². The van der Waals surface area contributed by atoms with Crippen molar-refractivity contribution in [2.75, 3.05) is 7.11 Å². The molecule has 1 rings (SSSR count). The molecule has 0 amide bonds. The van der Waals surface area contributed by atoms with Crippen LogP contribution in [0.5, 0.6) is 0 Å². The van der Waals surface area contributed by atoms with Crippen LogP contribution in [0.1, 0.15) is 18.9 Å². The Bertz CT molecular complexity index is 281. The lowest BCUT2D eigenvalue weighted by Crippen LogP contribution is -1.83. The topological polar surface area (TPSA) is 9.23 Å². The van der Waals surface area contributed by atoms with Gasteiger partial charge in [-0.1, -0.05) is 30.7 Å². The summed E-state index contributed by atoms with van der Waals surface area (Å²) in [4.78, 5) is 0. The predicted molar refractivity (Wildman–Crippen MR) is 56.7 cm³/mol. The van der Waals surface area contributed by atoms with Gasteiger partial charge < -0.3 is 4.74 Å². The minimum Gasteiger partial charge on any atom is -0.501 e. The normalized spacial score (nSPS) is 11.5.